The largest absolute Gasteiger partial charge is 0.322 e. The van der Waals surface area contributed by atoms with Gasteiger partial charge in [0.05, 0.1) is 13.6 Å². The second-order valence-corrected chi connectivity index (χ2v) is 6.35. The lowest BCUT2D eigenvalue weighted by atomic mass is 9.88. The fraction of sp³-hybridized carbons (Fsp3) is 0.556. The molecule has 1 aliphatic heterocycles. The highest BCUT2D eigenvalue weighted by atomic mass is 32.2. The first-order valence-electron chi connectivity index (χ1n) is 5.10. The average molecular weight is 254 g/mol. The topological polar surface area (TPSA) is 92.3 Å². The fourth-order valence-electron chi connectivity index (χ4n) is 2.18. The average Bonchev–Trinajstić information content (AvgIpc) is 2.74. The number of carbonyl (C=O) groups excluding carboxylic acids is 2. The maximum atomic E-state index is 11.7. The summed E-state index contributed by atoms with van der Waals surface area (Å²) in [5.74, 6) is -1.29. The predicted octanol–water partition coefficient (Wildman–Crippen LogP) is -1.32. The van der Waals surface area contributed by atoms with Crippen LogP contribution in [0.3, 0.4) is 0 Å². The number of nitrogens with one attached hydrogen (secondary N) is 2. The van der Waals surface area contributed by atoms with E-state index < -0.39 is 38.9 Å². The SMILES string of the molecule is [B]CS(=O)(=O)CC1C=CCC12NC(=O)NC2=O. The molecule has 1 heterocycles. The van der Waals surface area contributed by atoms with Gasteiger partial charge in [0.1, 0.15) is 15.4 Å². The summed E-state index contributed by atoms with van der Waals surface area (Å²) in [6, 6.07) is -0.589. The lowest BCUT2D eigenvalue weighted by Crippen LogP contribution is -2.52. The number of rotatable bonds is 3. The molecule has 17 heavy (non-hydrogen) atoms. The van der Waals surface area contributed by atoms with E-state index in [1.165, 1.54) is 0 Å². The molecular weight excluding hydrogens is 243 g/mol. The standard InChI is InChI=1S/C9H11BN2O4S/c10-5-17(15,16)4-6-2-1-3-9(6)7(13)11-8(14)12-9/h1-2,6H,3-5H2,(H2,11,12,13,14). The van der Waals surface area contributed by atoms with Crippen LogP contribution in [0.5, 0.6) is 0 Å². The molecule has 2 rings (SSSR count). The summed E-state index contributed by atoms with van der Waals surface area (Å²) in [4.78, 5) is 22.9. The zero-order chi connectivity index (χ0) is 12.7. The molecule has 0 aromatic heterocycles. The first-order valence-corrected chi connectivity index (χ1v) is 6.92. The van der Waals surface area contributed by atoms with Gasteiger partial charge < -0.3 is 5.32 Å². The Hall–Kier alpha value is -1.31. The van der Waals surface area contributed by atoms with Gasteiger partial charge in [0.25, 0.3) is 5.91 Å². The summed E-state index contributed by atoms with van der Waals surface area (Å²) in [7, 11) is 1.72. The first kappa shape index (κ1) is 12.2. The molecule has 0 aromatic carbocycles. The number of sulfone groups is 1. The third-order valence-electron chi connectivity index (χ3n) is 3.10. The minimum atomic E-state index is -3.41. The van der Waals surface area contributed by atoms with Crippen LogP contribution in [-0.2, 0) is 14.6 Å². The van der Waals surface area contributed by atoms with Crippen molar-refractivity contribution in [1.29, 1.82) is 0 Å². The Morgan fingerprint density at radius 1 is 1.47 bits per heavy atom. The van der Waals surface area contributed by atoms with Crippen molar-refractivity contribution in [1.82, 2.24) is 10.6 Å². The smallest absolute Gasteiger partial charge is 0.322 e. The van der Waals surface area contributed by atoms with Crippen molar-refractivity contribution in [3.8, 4) is 0 Å². The summed E-state index contributed by atoms with van der Waals surface area (Å²) in [6.45, 7) is 0. The molecule has 6 nitrogen and oxygen atoms in total. The normalized spacial score (nSPS) is 31.9. The number of carbonyl (C=O) groups is 2. The van der Waals surface area contributed by atoms with Crippen LogP contribution < -0.4 is 10.6 Å². The molecule has 0 bridgehead atoms. The molecule has 3 amide bonds. The van der Waals surface area contributed by atoms with Crippen molar-refractivity contribution < 1.29 is 18.0 Å². The molecule has 2 radical (unpaired) electrons. The molecule has 8 heteroatoms. The number of urea groups is 1. The second kappa shape index (κ2) is 3.87. The van der Waals surface area contributed by atoms with E-state index in [2.05, 4.69) is 10.6 Å². The molecule has 1 saturated heterocycles. The van der Waals surface area contributed by atoms with Crippen LogP contribution in [0, 0.1) is 5.92 Å². The molecule has 1 fully saturated rings. The molecule has 2 N–H and O–H groups in total. The van der Waals surface area contributed by atoms with E-state index in [0.29, 0.717) is 6.42 Å². The van der Waals surface area contributed by atoms with Crippen molar-refractivity contribution in [2.45, 2.75) is 12.0 Å². The summed E-state index contributed by atoms with van der Waals surface area (Å²) in [6.07, 6.45) is 3.63. The fourth-order valence-corrected chi connectivity index (χ4v) is 3.26. The van der Waals surface area contributed by atoms with E-state index in [4.69, 9.17) is 7.85 Å². The lowest BCUT2D eigenvalue weighted by molar-refractivity contribution is -0.124. The Morgan fingerprint density at radius 2 is 2.18 bits per heavy atom. The summed E-state index contributed by atoms with van der Waals surface area (Å²) >= 11 is 0. The Morgan fingerprint density at radius 3 is 2.71 bits per heavy atom. The van der Waals surface area contributed by atoms with Gasteiger partial charge in [-0.2, -0.15) is 0 Å². The monoisotopic (exact) mass is 254 g/mol. The van der Waals surface area contributed by atoms with E-state index in [-0.39, 0.29) is 5.75 Å². The third-order valence-corrected chi connectivity index (χ3v) is 4.47. The number of hydrogen-bond acceptors (Lipinski definition) is 4. The minimum Gasteiger partial charge on any atom is -0.322 e. The third kappa shape index (κ3) is 1.97. The minimum absolute atomic E-state index is 0.242. The van der Waals surface area contributed by atoms with E-state index in [9.17, 15) is 18.0 Å². The highest BCUT2D eigenvalue weighted by Crippen LogP contribution is 2.33. The van der Waals surface area contributed by atoms with E-state index in [1.54, 1.807) is 12.2 Å². The van der Waals surface area contributed by atoms with Crippen molar-refractivity contribution in [3.05, 3.63) is 12.2 Å². The van der Waals surface area contributed by atoms with Crippen molar-refractivity contribution in [3.63, 3.8) is 0 Å². The zero-order valence-electron chi connectivity index (χ0n) is 8.97. The molecule has 2 atom stereocenters. The zero-order valence-corrected chi connectivity index (χ0v) is 9.79. The maximum absolute atomic E-state index is 11.7. The van der Waals surface area contributed by atoms with Crippen LogP contribution in [0.4, 0.5) is 4.79 Å². The van der Waals surface area contributed by atoms with Crippen molar-refractivity contribution in [2.75, 3.05) is 11.4 Å². The van der Waals surface area contributed by atoms with Gasteiger partial charge in [-0.05, 0) is 6.42 Å². The van der Waals surface area contributed by atoms with Gasteiger partial charge in [-0.15, -0.1) is 0 Å². The second-order valence-electron chi connectivity index (χ2n) is 4.20. The first-order chi connectivity index (χ1) is 7.89. The molecule has 1 aliphatic carbocycles. The Balaban J connectivity index is 2.26. The molecule has 1 spiro atoms. The van der Waals surface area contributed by atoms with Crippen LogP contribution >= 0.6 is 0 Å². The lowest BCUT2D eigenvalue weighted by Gasteiger charge is -2.27. The van der Waals surface area contributed by atoms with Crippen LogP contribution in [0.1, 0.15) is 6.42 Å². The van der Waals surface area contributed by atoms with E-state index >= 15 is 0 Å². The van der Waals surface area contributed by atoms with Crippen molar-refractivity contribution >= 4 is 29.6 Å². The van der Waals surface area contributed by atoms with Crippen molar-refractivity contribution in [2.24, 2.45) is 5.92 Å². The number of imide groups is 1. The van der Waals surface area contributed by atoms with Gasteiger partial charge in [-0.3, -0.25) is 10.1 Å². The van der Waals surface area contributed by atoms with Gasteiger partial charge in [0.2, 0.25) is 0 Å². The quantitative estimate of drug-likeness (QED) is 0.371. The van der Waals surface area contributed by atoms with Gasteiger partial charge >= 0.3 is 6.03 Å². The summed E-state index contributed by atoms with van der Waals surface area (Å²) < 4.78 is 23.0. The molecule has 0 saturated carbocycles. The van der Waals surface area contributed by atoms with Crippen LogP contribution in [-0.4, -0.2) is 45.1 Å². The molecular formula is C9H11BN2O4S. The Labute approximate surface area is 100 Å². The van der Waals surface area contributed by atoms with Gasteiger partial charge in [-0.1, -0.05) is 12.2 Å². The van der Waals surface area contributed by atoms with Crippen LogP contribution in [0.2, 0.25) is 0 Å². The van der Waals surface area contributed by atoms with Crippen LogP contribution in [0.25, 0.3) is 0 Å². The van der Waals surface area contributed by atoms with Crippen LogP contribution in [0.15, 0.2) is 12.2 Å². The van der Waals surface area contributed by atoms with Gasteiger partial charge in [0.15, 0.2) is 0 Å². The Bertz CT molecular complexity index is 501. The summed E-state index contributed by atoms with van der Waals surface area (Å²) in [5, 5.41) is 4.64. The highest BCUT2D eigenvalue weighted by molar-refractivity contribution is 7.92. The Kier molecular flexibility index (Phi) is 2.77. The highest BCUT2D eigenvalue weighted by Gasteiger charge is 2.53. The number of amides is 3. The molecule has 90 valence electrons. The summed E-state index contributed by atoms with van der Waals surface area (Å²) in [5.41, 5.74) is -1.62. The predicted molar refractivity (Wildman–Crippen MR) is 61.1 cm³/mol. The van der Waals surface area contributed by atoms with Gasteiger partial charge in [-0.25, -0.2) is 13.2 Å². The molecule has 0 aromatic rings. The molecule has 2 unspecified atom stereocenters. The maximum Gasteiger partial charge on any atom is 0.322 e. The molecule has 2 aliphatic rings. The number of hydrogen-bond donors (Lipinski definition) is 2. The van der Waals surface area contributed by atoms with E-state index in [1.807, 2.05) is 0 Å². The van der Waals surface area contributed by atoms with E-state index in [0.717, 1.165) is 0 Å². The van der Waals surface area contributed by atoms with Gasteiger partial charge in [0, 0.05) is 11.6 Å².